The zero-order valence-corrected chi connectivity index (χ0v) is 16.6. The molecule has 1 amide bonds. The van der Waals surface area contributed by atoms with Gasteiger partial charge in [0.1, 0.15) is 23.5 Å². The predicted molar refractivity (Wildman–Crippen MR) is 110 cm³/mol. The molecule has 9 heteroatoms. The number of anilines is 1. The van der Waals surface area contributed by atoms with Crippen LogP contribution >= 0.6 is 0 Å². The molecule has 0 unspecified atom stereocenters. The average Bonchev–Trinajstić information content (AvgIpc) is 3.39. The summed E-state index contributed by atoms with van der Waals surface area (Å²) in [7, 11) is 0. The number of carbonyl (C=O) groups excluding carboxylic acids is 1. The summed E-state index contributed by atoms with van der Waals surface area (Å²) in [6.07, 6.45) is 7.33. The van der Waals surface area contributed by atoms with Crippen molar-refractivity contribution in [2.75, 3.05) is 5.32 Å². The third-order valence-electron chi connectivity index (χ3n) is 5.24. The van der Waals surface area contributed by atoms with Gasteiger partial charge in [-0.25, -0.2) is 9.97 Å². The fraction of sp³-hybridized carbons (Fsp3) is 0.238. The van der Waals surface area contributed by atoms with Gasteiger partial charge in [-0.3, -0.25) is 9.78 Å². The molecule has 4 aromatic rings. The van der Waals surface area contributed by atoms with Gasteiger partial charge in [0.25, 0.3) is 5.91 Å². The molecule has 1 fully saturated rings. The van der Waals surface area contributed by atoms with E-state index in [0.29, 0.717) is 29.1 Å². The number of hydrogen-bond donors (Lipinski definition) is 1. The van der Waals surface area contributed by atoms with E-state index >= 15 is 0 Å². The fourth-order valence-electron chi connectivity index (χ4n) is 3.31. The van der Waals surface area contributed by atoms with Crippen LogP contribution in [0.5, 0.6) is 0 Å². The molecule has 1 saturated carbocycles. The van der Waals surface area contributed by atoms with Gasteiger partial charge in [0.15, 0.2) is 5.82 Å². The third-order valence-corrected chi connectivity index (χ3v) is 5.24. The molecule has 0 radical (unpaired) electrons. The summed E-state index contributed by atoms with van der Waals surface area (Å²) < 4.78 is 3.96. The van der Waals surface area contributed by atoms with Crippen molar-refractivity contribution >= 4 is 11.7 Å². The Labute approximate surface area is 172 Å². The lowest BCUT2D eigenvalue weighted by molar-refractivity contribution is 0.102. The second-order valence-electron chi connectivity index (χ2n) is 7.34. The van der Waals surface area contributed by atoms with Gasteiger partial charge >= 0.3 is 0 Å². The minimum atomic E-state index is -0.334. The van der Waals surface area contributed by atoms with Crippen LogP contribution in [0.25, 0.3) is 17.2 Å². The lowest BCUT2D eigenvalue weighted by Crippen LogP contribution is -2.15. The number of pyridine rings is 2. The Bertz CT molecular complexity index is 1240. The van der Waals surface area contributed by atoms with E-state index in [1.54, 1.807) is 31.0 Å². The summed E-state index contributed by atoms with van der Waals surface area (Å²) in [6, 6.07) is 9.46. The van der Waals surface area contributed by atoms with Gasteiger partial charge in [-0.15, -0.1) is 10.2 Å². The molecule has 4 aromatic heterocycles. The summed E-state index contributed by atoms with van der Waals surface area (Å²) in [4.78, 5) is 25.9. The first kappa shape index (κ1) is 18.2. The van der Waals surface area contributed by atoms with Crippen molar-refractivity contribution in [3.63, 3.8) is 0 Å². The van der Waals surface area contributed by atoms with Crippen molar-refractivity contribution < 1.29 is 4.79 Å². The van der Waals surface area contributed by atoms with Crippen molar-refractivity contribution in [1.82, 2.24) is 34.3 Å². The smallest absolute Gasteiger partial charge is 0.275 e. The van der Waals surface area contributed by atoms with Gasteiger partial charge in [-0.05, 0) is 51.0 Å². The van der Waals surface area contributed by atoms with Crippen LogP contribution in [0.3, 0.4) is 0 Å². The quantitative estimate of drug-likeness (QED) is 0.552. The maximum atomic E-state index is 12.8. The molecule has 9 nitrogen and oxygen atoms in total. The molecule has 4 heterocycles. The van der Waals surface area contributed by atoms with Gasteiger partial charge in [-0.1, -0.05) is 6.07 Å². The van der Waals surface area contributed by atoms with E-state index in [9.17, 15) is 4.79 Å². The number of nitrogens with one attached hydrogen (secondary N) is 1. The van der Waals surface area contributed by atoms with E-state index in [0.717, 1.165) is 29.9 Å². The Morgan fingerprint density at radius 1 is 1.13 bits per heavy atom. The molecular weight excluding hydrogens is 380 g/mol. The molecule has 0 atom stereocenters. The minimum Gasteiger partial charge on any atom is -0.309 e. The fourth-order valence-corrected chi connectivity index (χ4v) is 3.31. The van der Waals surface area contributed by atoms with Crippen LogP contribution in [-0.4, -0.2) is 40.2 Å². The molecular formula is C21H20N8O. The number of rotatable bonds is 5. The number of aryl methyl sites for hydroxylation is 1. The standard InChI is InChI=1S/C21H20N8O/c1-13-14(2)28(11-23-13)16-8-9-22-18(10-16)21(30)26-19-5-3-4-17(25-19)20-27-24-12-29(20)15-6-7-15/h3-5,8-12,15H,6-7H2,1-2H3,(H,25,26,30). The zero-order valence-electron chi connectivity index (χ0n) is 16.6. The monoisotopic (exact) mass is 400 g/mol. The molecule has 0 saturated heterocycles. The highest BCUT2D eigenvalue weighted by molar-refractivity contribution is 6.02. The maximum Gasteiger partial charge on any atom is 0.275 e. The zero-order chi connectivity index (χ0) is 20.7. The largest absolute Gasteiger partial charge is 0.309 e. The molecule has 0 aliphatic heterocycles. The molecule has 1 aliphatic carbocycles. The summed E-state index contributed by atoms with van der Waals surface area (Å²) in [5, 5.41) is 11.0. The van der Waals surface area contributed by atoms with E-state index in [1.807, 2.05) is 41.2 Å². The van der Waals surface area contributed by atoms with Crippen molar-refractivity contribution in [2.45, 2.75) is 32.7 Å². The van der Waals surface area contributed by atoms with Crippen LogP contribution in [0, 0.1) is 13.8 Å². The van der Waals surface area contributed by atoms with Crippen molar-refractivity contribution in [3.05, 3.63) is 66.3 Å². The third kappa shape index (κ3) is 3.34. The van der Waals surface area contributed by atoms with Gasteiger partial charge in [0.05, 0.1) is 17.7 Å². The van der Waals surface area contributed by atoms with E-state index in [4.69, 9.17) is 0 Å². The van der Waals surface area contributed by atoms with Crippen LogP contribution < -0.4 is 5.32 Å². The number of imidazole rings is 1. The van der Waals surface area contributed by atoms with E-state index < -0.39 is 0 Å². The first-order chi connectivity index (χ1) is 14.6. The molecule has 0 bridgehead atoms. The normalized spacial score (nSPS) is 13.4. The number of carbonyl (C=O) groups is 1. The Hall–Kier alpha value is -3.88. The van der Waals surface area contributed by atoms with Crippen molar-refractivity contribution in [1.29, 1.82) is 0 Å². The maximum absolute atomic E-state index is 12.8. The van der Waals surface area contributed by atoms with Crippen LogP contribution in [0.1, 0.15) is 40.8 Å². The average molecular weight is 400 g/mol. The van der Waals surface area contributed by atoms with Gasteiger partial charge in [0.2, 0.25) is 0 Å². The molecule has 150 valence electrons. The van der Waals surface area contributed by atoms with E-state index in [2.05, 4.69) is 30.5 Å². The first-order valence-corrected chi connectivity index (χ1v) is 9.75. The molecule has 5 rings (SSSR count). The van der Waals surface area contributed by atoms with Gasteiger partial charge in [-0.2, -0.15) is 0 Å². The molecule has 1 aliphatic rings. The first-order valence-electron chi connectivity index (χ1n) is 9.75. The molecule has 1 N–H and O–H groups in total. The Balaban J connectivity index is 1.39. The molecule has 0 spiro atoms. The van der Waals surface area contributed by atoms with Gasteiger partial charge in [0, 0.05) is 17.9 Å². The highest BCUT2D eigenvalue weighted by atomic mass is 16.1. The predicted octanol–water partition coefficient (Wildman–Crippen LogP) is 3.12. The summed E-state index contributed by atoms with van der Waals surface area (Å²) in [5.74, 6) is 0.809. The Kier molecular flexibility index (Phi) is 4.35. The van der Waals surface area contributed by atoms with Crippen LogP contribution in [0.4, 0.5) is 5.82 Å². The van der Waals surface area contributed by atoms with Gasteiger partial charge < -0.3 is 14.5 Å². The van der Waals surface area contributed by atoms with Crippen LogP contribution in [-0.2, 0) is 0 Å². The number of amides is 1. The van der Waals surface area contributed by atoms with E-state index in [1.165, 1.54) is 0 Å². The molecule has 30 heavy (non-hydrogen) atoms. The lowest BCUT2D eigenvalue weighted by Gasteiger charge is -2.09. The number of aromatic nitrogens is 7. The summed E-state index contributed by atoms with van der Waals surface area (Å²) in [5.41, 5.74) is 3.75. The highest BCUT2D eigenvalue weighted by Gasteiger charge is 2.27. The lowest BCUT2D eigenvalue weighted by atomic mass is 10.2. The Morgan fingerprint density at radius 2 is 2.00 bits per heavy atom. The van der Waals surface area contributed by atoms with Crippen LogP contribution in [0.15, 0.2) is 49.2 Å². The Morgan fingerprint density at radius 3 is 2.77 bits per heavy atom. The summed E-state index contributed by atoms with van der Waals surface area (Å²) in [6.45, 7) is 3.93. The molecule has 0 aromatic carbocycles. The highest BCUT2D eigenvalue weighted by Crippen LogP contribution is 2.37. The van der Waals surface area contributed by atoms with Crippen LogP contribution in [0.2, 0.25) is 0 Å². The second kappa shape index (κ2) is 7.18. The number of nitrogens with zero attached hydrogens (tertiary/aromatic N) is 7. The SMILES string of the molecule is Cc1ncn(-c2ccnc(C(=O)Nc3cccc(-c4nncn4C4CC4)n3)c2)c1C. The minimum absolute atomic E-state index is 0.298. The van der Waals surface area contributed by atoms with Crippen molar-refractivity contribution in [2.24, 2.45) is 0 Å². The number of hydrogen-bond acceptors (Lipinski definition) is 6. The summed E-state index contributed by atoms with van der Waals surface area (Å²) >= 11 is 0. The van der Waals surface area contributed by atoms with E-state index in [-0.39, 0.29) is 5.91 Å². The van der Waals surface area contributed by atoms with Crippen molar-refractivity contribution in [3.8, 4) is 17.2 Å². The second-order valence-corrected chi connectivity index (χ2v) is 7.34. The topological polar surface area (TPSA) is 103 Å².